The van der Waals surface area contributed by atoms with Gasteiger partial charge in [0.25, 0.3) is 0 Å². The van der Waals surface area contributed by atoms with Crippen molar-refractivity contribution in [2.75, 3.05) is 7.11 Å². The zero-order valence-electron chi connectivity index (χ0n) is 11.5. The van der Waals surface area contributed by atoms with Crippen LogP contribution in [0.25, 0.3) is 0 Å². The molecule has 0 radical (unpaired) electrons. The van der Waals surface area contributed by atoms with Crippen LogP contribution in [0.2, 0.25) is 5.02 Å². The second kappa shape index (κ2) is 6.14. The number of rotatable bonds is 3. The van der Waals surface area contributed by atoms with Crippen molar-refractivity contribution in [1.82, 2.24) is 0 Å². The molecule has 0 aromatic heterocycles. The van der Waals surface area contributed by atoms with E-state index < -0.39 is 0 Å². The molecular weight excluding hydrogens is 387 g/mol. The van der Waals surface area contributed by atoms with Crippen LogP contribution in [0.5, 0.6) is 5.75 Å². The van der Waals surface area contributed by atoms with Crippen LogP contribution in [0.3, 0.4) is 0 Å². The first-order valence-electron chi connectivity index (χ1n) is 6.09. The summed E-state index contributed by atoms with van der Waals surface area (Å²) >= 11 is 8.22. The third kappa shape index (κ3) is 2.83. The third-order valence-electron chi connectivity index (χ3n) is 3.31. The molecule has 0 spiro atoms. The lowest BCUT2D eigenvalue weighted by Crippen LogP contribution is -2.06. The number of carbonyl (C=O) groups excluding carboxylic acids is 1. The molecule has 2 aromatic carbocycles. The van der Waals surface area contributed by atoms with E-state index >= 15 is 0 Å². The molecule has 0 unspecified atom stereocenters. The van der Waals surface area contributed by atoms with Gasteiger partial charge in [-0.25, -0.2) is 0 Å². The molecule has 2 nitrogen and oxygen atoms in total. The van der Waals surface area contributed by atoms with Crippen molar-refractivity contribution in [2.45, 2.75) is 13.8 Å². The highest BCUT2D eigenvalue weighted by molar-refractivity contribution is 14.1. The molecular formula is C16H14ClIO2. The Hall–Kier alpha value is -1.07. The Bertz CT molecular complexity index is 680. The van der Waals surface area contributed by atoms with E-state index in [1.165, 1.54) is 0 Å². The molecule has 0 aliphatic carbocycles. The minimum Gasteiger partial charge on any atom is -0.496 e. The lowest BCUT2D eigenvalue weighted by molar-refractivity contribution is 0.103. The van der Waals surface area contributed by atoms with Crippen molar-refractivity contribution in [3.8, 4) is 5.75 Å². The van der Waals surface area contributed by atoms with Gasteiger partial charge in [-0.05, 0) is 71.8 Å². The molecule has 2 rings (SSSR count). The summed E-state index contributed by atoms with van der Waals surface area (Å²) < 4.78 is 6.32. The van der Waals surface area contributed by atoms with Crippen molar-refractivity contribution in [3.05, 3.63) is 61.2 Å². The molecule has 0 amide bonds. The molecule has 0 saturated heterocycles. The standard InChI is InChI=1S/C16H14ClIO2/c1-9-4-6-12(16(20-3)10(9)2)15(19)11-5-7-14(18)13(17)8-11/h4-8H,1-3H3. The Morgan fingerprint density at radius 2 is 1.90 bits per heavy atom. The van der Waals surface area contributed by atoms with Gasteiger partial charge in [0.2, 0.25) is 0 Å². The van der Waals surface area contributed by atoms with E-state index in [9.17, 15) is 4.79 Å². The highest BCUT2D eigenvalue weighted by Crippen LogP contribution is 2.29. The van der Waals surface area contributed by atoms with Crippen LogP contribution in [0.4, 0.5) is 0 Å². The van der Waals surface area contributed by atoms with Crippen molar-refractivity contribution in [1.29, 1.82) is 0 Å². The second-order valence-corrected chi connectivity index (χ2v) is 6.12. The number of methoxy groups -OCH3 is 1. The summed E-state index contributed by atoms with van der Waals surface area (Å²) in [6.45, 7) is 3.94. The molecule has 0 aliphatic rings. The van der Waals surface area contributed by atoms with Gasteiger partial charge in [-0.3, -0.25) is 4.79 Å². The van der Waals surface area contributed by atoms with Gasteiger partial charge in [0.15, 0.2) is 5.78 Å². The first kappa shape index (κ1) is 15.3. The van der Waals surface area contributed by atoms with Gasteiger partial charge in [-0.1, -0.05) is 17.7 Å². The molecule has 0 aliphatic heterocycles. The summed E-state index contributed by atoms with van der Waals surface area (Å²) in [5, 5.41) is 0.583. The van der Waals surface area contributed by atoms with Crippen LogP contribution >= 0.6 is 34.2 Å². The van der Waals surface area contributed by atoms with E-state index in [0.717, 1.165) is 14.7 Å². The fraction of sp³-hybridized carbons (Fsp3) is 0.188. The maximum Gasteiger partial charge on any atom is 0.196 e. The van der Waals surface area contributed by atoms with Crippen molar-refractivity contribution in [2.24, 2.45) is 0 Å². The number of hydrogen-bond donors (Lipinski definition) is 0. The minimum atomic E-state index is -0.0803. The van der Waals surface area contributed by atoms with E-state index in [1.54, 1.807) is 25.3 Å². The van der Waals surface area contributed by atoms with E-state index in [-0.39, 0.29) is 5.78 Å². The van der Waals surface area contributed by atoms with Crippen molar-refractivity contribution >= 4 is 40.0 Å². The smallest absolute Gasteiger partial charge is 0.196 e. The second-order valence-electron chi connectivity index (χ2n) is 4.55. The SMILES string of the molecule is COc1c(C(=O)c2ccc(I)c(Cl)c2)ccc(C)c1C. The third-order valence-corrected chi connectivity index (χ3v) is 4.88. The van der Waals surface area contributed by atoms with E-state index in [2.05, 4.69) is 22.6 Å². The topological polar surface area (TPSA) is 26.3 Å². The van der Waals surface area contributed by atoms with E-state index in [0.29, 0.717) is 21.9 Å². The van der Waals surface area contributed by atoms with Crippen LogP contribution < -0.4 is 4.74 Å². The predicted octanol–water partition coefficient (Wildman–Crippen LogP) is 4.80. The summed E-state index contributed by atoms with van der Waals surface area (Å²) in [7, 11) is 1.58. The number of benzene rings is 2. The van der Waals surface area contributed by atoms with Gasteiger partial charge in [0.1, 0.15) is 5.75 Å². The van der Waals surface area contributed by atoms with Crippen molar-refractivity contribution in [3.63, 3.8) is 0 Å². The zero-order valence-corrected chi connectivity index (χ0v) is 14.4. The molecule has 104 valence electrons. The highest BCUT2D eigenvalue weighted by atomic mass is 127. The van der Waals surface area contributed by atoms with Crippen LogP contribution in [0.15, 0.2) is 30.3 Å². The number of ketones is 1. The van der Waals surface area contributed by atoms with Crippen LogP contribution in [0.1, 0.15) is 27.0 Å². The largest absolute Gasteiger partial charge is 0.496 e. The molecule has 0 fully saturated rings. The summed E-state index contributed by atoms with van der Waals surface area (Å²) in [4.78, 5) is 12.6. The first-order valence-corrected chi connectivity index (χ1v) is 7.55. The van der Waals surface area contributed by atoms with Crippen LogP contribution in [0, 0.1) is 17.4 Å². The minimum absolute atomic E-state index is 0.0803. The monoisotopic (exact) mass is 400 g/mol. The predicted molar refractivity (Wildman–Crippen MR) is 90.1 cm³/mol. The summed E-state index contributed by atoms with van der Waals surface area (Å²) in [6, 6.07) is 9.04. The van der Waals surface area contributed by atoms with Crippen molar-refractivity contribution < 1.29 is 9.53 Å². The fourth-order valence-electron chi connectivity index (χ4n) is 2.02. The quantitative estimate of drug-likeness (QED) is 0.546. The molecule has 4 heteroatoms. The maximum absolute atomic E-state index is 12.6. The molecule has 0 bridgehead atoms. The van der Waals surface area contributed by atoms with Gasteiger partial charge in [0.05, 0.1) is 17.7 Å². The number of ether oxygens (including phenoxy) is 1. The summed E-state index contributed by atoms with van der Waals surface area (Å²) in [5.41, 5.74) is 3.21. The molecule has 0 heterocycles. The molecule has 2 aromatic rings. The zero-order chi connectivity index (χ0) is 14.9. The number of hydrogen-bond acceptors (Lipinski definition) is 2. The first-order chi connectivity index (χ1) is 9.45. The average Bonchev–Trinajstić information content (AvgIpc) is 2.44. The van der Waals surface area contributed by atoms with E-state index in [1.807, 2.05) is 26.0 Å². The van der Waals surface area contributed by atoms with Gasteiger partial charge < -0.3 is 4.74 Å². The normalized spacial score (nSPS) is 10.4. The lowest BCUT2D eigenvalue weighted by atomic mass is 9.98. The lowest BCUT2D eigenvalue weighted by Gasteiger charge is -2.13. The van der Waals surface area contributed by atoms with E-state index in [4.69, 9.17) is 16.3 Å². The average molecular weight is 401 g/mol. The van der Waals surface area contributed by atoms with Crippen LogP contribution in [-0.2, 0) is 0 Å². The number of halogens is 2. The van der Waals surface area contributed by atoms with Gasteiger partial charge in [0, 0.05) is 9.13 Å². The Labute approximate surface area is 137 Å². The molecule has 20 heavy (non-hydrogen) atoms. The number of carbonyl (C=O) groups is 1. The van der Waals surface area contributed by atoms with Gasteiger partial charge in [-0.2, -0.15) is 0 Å². The van der Waals surface area contributed by atoms with Gasteiger partial charge in [-0.15, -0.1) is 0 Å². The Morgan fingerprint density at radius 3 is 2.50 bits per heavy atom. The molecule has 0 N–H and O–H groups in total. The summed E-state index contributed by atoms with van der Waals surface area (Å²) in [6.07, 6.45) is 0. The Balaban J connectivity index is 2.53. The Kier molecular flexibility index (Phi) is 4.70. The molecule has 0 saturated carbocycles. The fourth-order valence-corrected chi connectivity index (χ4v) is 2.54. The highest BCUT2D eigenvalue weighted by Gasteiger charge is 2.17. The Morgan fingerprint density at radius 1 is 1.20 bits per heavy atom. The van der Waals surface area contributed by atoms with Crippen LogP contribution in [-0.4, -0.2) is 12.9 Å². The molecule has 0 atom stereocenters. The summed E-state index contributed by atoms with van der Waals surface area (Å²) in [5.74, 6) is 0.549. The van der Waals surface area contributed by atoms with Gasteiger partial charge >= 0.3 is 0 Å². The maximum atomic E-state index is 12.6. The number of aryl methyl sites for hydroxylation is 1.